The van der Waals surface area contributed by atoms with E-state index in [-0.39, 0.29) is 11.7 Å². The number of aromatic nitrogens is 1. The standard InChI is InChI=1S/C18H10Cl2N2O2S/c19-10-5-6-12(20)11(9-10)14-7-8-15(24-14)17(23)22-18-21-13-3-1-2-4-16(13)25-18/h1-9H,(H,21,22,23). The third-order valence-electron chi connectivity index (χ3n) is 3.54. The molecule has 0 saturated heterocycles. The van der Waals surface area contributed by atoms with Crippen molar-refractivity contribution in [3.05, 3.63) is 70.4 Å². The summed E-state index contributed by atoms with van der Waals surface area (Å²) in [5.74, 6) is 0.274. The average molecular weight is 389 g/mol. The van der Waals surface area contributed by atoms with Crippen LogP contribution in [0.1, 0.15) is 10.6 Å². The summed E-state index contributed by atoms with van der Waals surface area (Å²) < 4.78 is 6.64. The van der Waals surface area contributed by atoms with Gasteiger partial charge in [-0.05, 0) is 42.5 Å². The molecular weight excluding hydrogens is 379 g/mol. The van der Waals surface area contributed by atoms with Gasteiger partial charge in [0.05, 0.1) is 15.2 Å². The Morgan fingerprint density at radius 2 is 1.92 bits per heavy atom. The number of para-hydroxylation sites is 1. The average Bonchev–Trinajstić information content (AvgIpc) is 3.23. The van der Waals surface area contributed by atoms with Crippen LogP contribution < -0.4 is 5.32 Å². The van der Waals surface area contributed by atoms with Gasteiger partial charge in [-0.15, -0.1) is 0 Å². The molecule has 0 aliphatic carbocycles. The summed E-state index contributed by atoms with van der Waals surface area (Å²) in [6, 6.07) is 16.0. The van der Waals surface area contributed by atoms with Crippen molar-refractivity contribution >= 4 is 55.8 Å². The number of halogens is 2. The van der Waals surface area contributed by atoms with E-state index in [4.69, 9.17) is 27.6 Å². The van der Waals surface area contributed by atoms with Crippen molar-refractivity contribution in [1.82, 2.24) is 4.98 Å². The second-order valence-corrected chi connectivity index (χ2v) is 7.10. The number of fused-ring (bicyclic) bond motifs is 1. The zero-order valence-electron chi connectivity index (χ0n) is 12.6. The Morgan fingerprint density at radius 1 is 1.08 bits per heavy atom. The molecule has 0 bridgehead atoms. The Hall–Kier alpha value is -2.34. The molecule has 4 aromatic rings. The molecule has 0 atom stereocenters. The first-order valence-corrected chi connectivity index (χ1v) is 8.89. The van der Waals surface area contributed by atoms with Gasteiger partial charge < -0.3 is 4.42 Å². The van der Waals surface area contributed by atoms with E-state index in [0.29, 0.717) is 26.5 Å². The van der Waals surface area contributed by atoms with Gasteiger partial charge >= 0.3 is 0 Å². The monoisotopic (exact) mass is 388 g/mol. The van der Waals surface area contributed by atoms with Crippen molar-refractivity contribution in [1.29, 1.82) is 0 Å². The number of thiazole rings is 1. The zero-order valence-corrected chi connectivity index (χ0v) is 15.0. The highest BCUT2D eigenvalue weighted by Crippen LogP contribution is 2.32. The number of amides is 1. The van der Waals surface area contributed by atoms with Gasteiger partial charge in [-0.3, -0.25) is 10.1 Å². The number of nitrogens with zero attached hydrogens (tertiary/aromatic N) is 1. The van der Waals surface area contributed by atoms with Crippen molar-refractivity contribution in [2.45, 2.75) is 0 Å². The van der Waals surface area contributed by atoms with E-state index in [1.165, 1.54) is 11.3 Å². The first kappa shape index (κ1) is 16.1. The van der Waals surface area contributed by atoms with Gasteiger partial charge in [-0.25, -0.2) is 4.98 Å². The molecule has 0 saturated carbocycles. The number of carbonyl (C=O) groups excluding carboxylic acids is 1. The maximum atomic E-state index is 12.4. The van der Waals surface area contributed by atoms with Crippen molar-refractivity contribution in [3.8, 4) is 11.3 Å². The summed E-state index contributed by atoms with van der Waals surface area (Å²) >= 11 is 13.6. The van der Waals surface area contributed by atoms with Crippen LogP contribution in [0, 0.1) is 0 Å². The fourth-order valence-electron chi connectivity index (χ4n) is 2.38. The van der Waals surface area contributed by atoms with Crippen LogP contribution in [0.4, 0.5) is 5.13 Å². The van der Waals surface area contributed by atoms with E-state index in [1.54, 1.807) is 30.3 Å². The normalized spacial score (nSPS) is 11.0. The zero-order chi connectivity index (χ0) is 17.4. The number of hydrogen-bond acceptors (Lipinski definition) is 4. The minimum Gasteiger partial charge on any atom is -0.451 e. The SMILES string of the molecule is O=C(Nc1nc2ccccc2s1)c1ccc(-c2cc(Cl)ccc2Cl)o1. The Morgan fingerprint density at radius 3 is 2.76 bits per heavy atom. The molecule has 0 aliphatic heterocycles. The van der Waals surface area contributed by atoms with Gasteiger partial charge in [0.25, 0.3) is 5.91 Å². The molecule has 0 radical (unpaired) electrons. The summed E-state index contributed by atoms with van der Waals surface area (Å²) in [7, 11) is 0. The summed E-state index contributed by atoms with van der Waals surface area (Å²) in [4.78, 5) is 16.8. The van der Waals surface area contributed by atoms with E-state index in [9.17, 15) is 4.79 Å². The van der Waals surface area contributed by atoms with E-state index < -0.39 is 0 Å². The third-order valence-corrected chi connectivity index (χ3v) is 5.05. The van der Waals surface area contributed by atoms with Crippen molar-refractivity contribution in [2.75, 3.05) is 5.32 Å². The molecule has 2 heterocycles. The molecule has 0 spiro atoms. The lowest BCUT2D eigenvalue weighted by molar-refractivity contribution is 0.0997. The maximum absolute atomic E-state index is 12.4. The van der Waals surface area contributed by atoms with E-state index in [1.807, 2.05) is 24.3 Å². The fourth-order valence-corrected chi connectivity index (χ4v) is 3.62. The van der Waals surface area contributed by atoms with Gasteiger partial charge in [0.1, 0.15) is 5.76 Å². The van der Waals surface area contributed by atoms with Gasteiger partial charge in [0.2, 0.25) is 0 Å². The number of furan rings is 1. The van der Waals surface area contributed by atoms with Crippen LogP contribution in [0.15, 0.2) is 59.0 Å². The Labute approximate surface area is 157 Å². The molecule has 0 fully saturated rings. The van der Waals surface area contributed by atoms with Crippen LogP contribution in [0.3, 0.4) is 0 Å². The summed E-state index contributed by atoms with van der Waals surface area (Å²) in [5.41, 5.74) is 1.47. The largest absolute Gasteiger partial charge is 0.451 e. The highest BCUT2D eigenvalue weighted by molar-refractivity contribution is 7.22. The topological polar surface area (TPSA) is 55.1 Å². The lowest BCUT2D eigenvalue weighted by Crippen LogP contribution is -2.10. The first-order valence-electron chi connectivity index (χ1n) is 7.32. The number of carbonyl (C=O) groups is 1. The van der Waals surface area contributed by atoms with Gasteiger partial charge in [-0.2, -0.15) is 0 Å². The second kappa shape index (κ2) is 6.52. The van der Waals surface area contributed by atoms with Crippen LogP contribution in [0.2, 0.25) is 10.0 Å². The van der Waals surface area contributed by atoms with Crippen LogP contribution in [-0.4, -0.2) is 10.9 Å². The Bertz CT molecular complexity index is 1050. The Balaban J connectivity index is 1.59. The minimum atomic E-state index is -0.372. The molecule has 0 unspecified atom stereocenters. The van der Waals surface area contributed by atoms with Crippen LogP contribution >= 0.6 is 34.5 Å². The molecule has 25 heavy (non-hydrogen) atoms. The molecular formula is C18H10Cl2N2O2S. The fraction of sp³-hybridized carbons (Fsp3) is 0. The third kappa shape index (κ3) is 3.26. The summed E-state index contributed by atoms with van der Waals surface area (Å²) in [6.45, 7) is 0. The molecule has 4 nitrogen and oxygen atoms in total. The smallest absolute Gasteiger partial charge is 0.293 e. The molecule has 124 valence electrons. The van der Waals surface area contributed by atoms with Gasteiger partial charge in [-0.1, -0.05) is 46.7 Å². The molecule has 4 rings (SSSR count). The number of rotatable bonds is 3. The van der Waals surface area contributed by atoms with Crippen molar-refractivity contribution in [2.24, 2.45) is 0 Å². The first-order chi connectivity index (χ1) is 12.1. The highest BCUT2D eigenvalue weighted by atomic mass is 35.5. The van der Waals surface area contributed by atoms with Gasteiger partial charge in [0.15, 0.2) is 10.9 Å². The Kier molecular flexibility index (Phi) is 4.21. The van der Waals surface area contributed by atoms with Crippen molar-refractivity contribution in [3.63, 3.8) is 0 Å². The van der Waals surface area contributed by atoms with Crippen LogP contribution in [0.25, 0.3) is 21.5 Å². The summed E-state index contributed by atoms with van der Waals surface area (Å²) in [6.07, 6.45) is 0. The van der Waals surface area contributed by atoms with Crippen LogP contribution in [0.5, 0.6) is 0 Å². The lowest BCUT2D eigenvalue weighted by Gasteiger charge is -2.02. The number of hydrogen-bond donors (Lipinski definition) is 1. The van der Waals surface area contributed by atoms with E-state index in [0.717, 1.165) is 10.2 Å². The predicted molar refractivity (Wildman–Crippen MR) is 102 cm³/mol. The highest BCUT2D eigenvalue weighted by Gasteiger charge is 2.16. The molecule has 1 amide bonds. The molecule has 0 aliphatic rings. The van der Waals surface area contributed by atoms with E-state index >= 15 is 0 Å². The molecule has 7 heteroatoms. The quantitative estimate of drug-likeness (QED) is 0.460. The van der Waals surface area contributed by atoms with Crippen molar-refractivity contribution < 1.29 is 9.21 Å². The molecule has 1 N–H and O–H groups in total. The van der Waals surface area contributed by atoms with Gasteiger partial charge in [0, 0.05) is 10.6 Å². The van der Waals surface area contributed by atoms with Crippen LogP contribution in [-0.2, 0) is 0 Å². The second-order valence-electron chi connectivity index (χ2n) is 5.23. The lowest BCUT2D eigenvalue weighted by atomic mass is 10.2. The number of anilines is 1. The predicted octanol–water partition coefficient (Wildman–Crippen LogP) is 6.12. The van der Waals surface area contributed by atoms with E-state index in [2.05, 4.69) is 10.3 Å². The summed E-state index contributed by atoms with van der Waals surface area (Å²) in [5, 5.41) is 4.31. The molecule has 2 aromatic carbocycles. The number of benzene rings is 2. The minimum absolute atomic E-state index is 0.172. The maximum Gasteiger partial charge on any atom is 0.293 e. The molecule has 2 aromatic heterocycles. The number of nitrogens with one attached hydrogen (secondary N) is 1.